The first-order valence-electron chi connectivity index (χ1n) is 9.63. The number of fused-ring (bicyclic) bond motifs is 2. The summed E-state index contributed by atoms with van der Waals surface area (Å²) in [6.45, 7) is 4.47. The van der Waals surface area contributed by atoms with E-state index < -0.39 is 0 Å². The number of anilines is 1. The number of nitrogens with one attached hydrogen (secondary N) is 2. The highest BCUT2D eigenvalue weighted by molar-refractivity contribution is 5.45. The Hall–Kier alpha value is -3.03. The molecule has 0 aliphatic heterocycles. The van der Waals surface area contributed by atoms with Crippen LogP contribution in [0.1, 0.15) is 43.5 Å². The van der Waals surface area contributed by atoms with Crippen molar-refractivity contribution in [2.75, 3.05) is 12.4 Å². The Morgan fingerprint density at radius 2 is 2.04 bits per heavy atom. The van der Waals surface area contributed by atoms with Crippen molar-refractivity contribution in [2.24, 2.45) is 0 Å². The second-order valence-electron chi connectivity index (χ2n) is 7.26. The number of nitrogens with zero attached hydrogens (tertiary/aromatic N) is 3. The number of hydrogen-bond acceptors (Lipinski definition) is 6. The fourth-order valence-corrected chi connectivity index (χ4v) is 3.48. The van der Waals surface area contributed by atoms with Gasteiger partial charge in [0.1, 0.15) is 0 Å². The largest absolute Gasteiger partial charge is 0.493 e. The van der Waals surface area contributed by atoms with Gasteiger partial charge < -0.3 is 14.8 Å². The van der Waals surface area contributed by atoms with Crippen LogP contribution in [0.25, 0.3) is 5.78 Å². The number of hydrogen-bond donors (Lipinski definition) is 2. The Morgan fingerprint density at radius 3 is 2.82 bits per heavy atom. The average molecular weight is 383 g/mol. The first kappa shape index (κ1) is 18.3. The van der Waals surface area contributed by atoms with Crippen LogP contribution >= 0.6 is 0 Å². The van der Waals surface area contributed by atoms with Crippen molar-refractivity contribution in [1.82, 2.24) is 19.6 Å². The van der Waals surface area contributed by atoms with Crippen LogP contribution in [0.3, 0.4) is 0 Å². The summed E-state index contributed by atoms with van der Waals surface area (Å²) in [7, 11) is 1.62. The van der Waals surface area contributed by atoms with Crippen LogP contribution in [-0.2, 0) is 19.4 Å². The number of methoxy groups -OCH3 is 1. The molecule has 2 N–H and O–H groups in total. The summed E-state index contributed by atoms with van der Waals surface area (Å²) in [6, 6.07) is 5.80. The molecule has 1 aliphatic rings. The van der Waals surface area contributed by atoms with Crippen LogP contribution in [0.5, 0.6) is 11.5 Å². The van der Waals surface area contributed by atoms with Crippen molar-refractivity contribution in [3.8, 4) is 11.5 Å². The van der Waals surface area contributed by atoms with Crippen LogP contribution in [0.4, 0.5) is 5.95 Å². The molecule has 0 atom stereocenters. The lowest BCUT2D eigenvalue weighted by atomic mass is 9.97. The van der Waals surface area contributed by atoms with E-state index in [1.54, 1.807) is 7.11 Å². The fourth-order valence-electron chi connectivity index (χ4n) is 3.48. The number of aromatic nitrogens is 4. The highest BCUT2D eigenvalue weighted by atomic mass is 16.5. The lowest BCUT2D eigenvalue weighted by molar-refractivity contribution is 0.230. The summed E-state index contributed by atoms with van der Waals surface area (Å²) in [5.74, 6) is 2.31. The van der Waals surface area contributed by atoms with Crippen LogP contribution < -0.4 is 20.3 Å². The van der Waals surface area contributed by atoms with E-state index in [2.05, 4.69) is 20.4 Å². The van der Waals surface area contributed by atoms with E-state index in [9.17, 15) is 4.79 Å². The van der Waals surface area contributed by atoms with Crippen molar-refractivity contribution < 1.29 is 9.47 Å². The lowest BCUT2D eigenvalue weighted by Gasteiger charge is -2.14. The van der Waals surface area contributed by atoms with Crippen molar-refractivity contribution >= 4 is 11.7 Å². The second-order valence-corrected chi connectivity index (χ2v) is 7.26. The fraction of sp³-hybridized carbons (Fsp3) is 0.450. The summed E-state index contributed by atoms with van der Waals surface area (Å²) in [6.07, 6.45) is 3.82. The van der Waals surface area contributed by atoms with Gasteiger partial charge in [-0.1, -0.05) is 6.07 Å². The van der Waals surface area contributed by atoms with Crippen molar-refractivity contribution in [3.63, 3.8) is 0 Å². The van der Waals surface area contributed by atoms with E-state index in [1.807, 2.05) is 32.0 Å². The first-order valence-corrected chi connectivity index (χ1v) is 9.63. The molecule has 0 radical (unpaired) electrons. The van der Waals surface area contributed by atoms with E-state index in [0.717, 1.165) is 42.5 Å². The Balaban J connectivity index is 1.54. The molecule has 8 nitrogen and oxygen atoms in total. The second kappa shape index (κ2) is 7.53. The van der Waals surface area contributed by atoms with E-state index in [0.29, 0.717) is 29.8 Å². The third-order valence-corrected chi connectivity index (χ3v) is 4.82. The summed E-state index contributed by atoms with van der Waals surface area (Å²) >= 11 is 0. The van der Waals surface area contributed by atoms with E-state index in [1.165, 1.54) is 4.52 Å². The minimum Gasteiger partial charge on any atom is -0.493 e. The zero-order chi connectivity index (χ0) is 19.7. The zero-order valence-electron chi connectivity index (χ0n) is 16.4. The molecule has 3 aromatic rings. The maximum absolute atomic E-state index is 12.7. The molecule has 0 bridgehead atoms. The van der Waals surface area contributed by atoms with Gasteiger partial charge in [-0.2, -0.15) is 9.50 Å². The molecule has 0 saturated carbocycles. The molecule has 0 spiro atoms. The number of benzene rings is 1. The van der Waals surface area contributed by atoms with Gasteiger partial charge in [0.2, 0.25) is 5.95 Å². The first-order chi connectivity index (χ1) is 13.5. The van der Waals surface area contributed by atoms with E-state index >= 15 is 0 Å². The molecule has 28 heavy (non-hydrogen) atoms. The molecule has 1 aliphatic carbocycles. The van der Waals surface area contributed by atoms with E-state index in [4.69, 9.17) is 9.47 Å². The SMILES string of the molecule is COc1cc(CNc2nc3nc4c(c(=O)n3[nH]2)CCCC4)ccc1OC(C)C. The predicted molar refractivity (Wildman–Crippen MR) is 106 cm³/mol. The molecule has 4 rings (SSSR count). The van der Waals surface area contributed by atoms with Gasteiger partial charge in [-0.15, -0.1) is 0 Å². The van der Waals surface area contributed by atoms with E-state index in [-0.39, 0.29) is 11.7 Å². The van der Waals surface area contributed by atoms with Gasteiger partial charge in [-0.3, -0.25) is 9.89 Å². The maximum Gasteiger partial charge on any atom is 0.277 e. The molecule has 2 heterocycles. The maximum atomic E-state index is 12.7. The molecule has 148 valence electrons. The topological polar surface area (TPSA) is 93.5 Å². The number of rotatable bonds is 6. The highest BCUT2D eigenvalue weighted by Gasteiger charge is 2.18. The molecular formula is C20H25N5O3. The molecular weight excluding hydrogens is 358 g/mol. The lowest BCUT2D eigenvalue weighted by Crippen LogP contribution is -2.25. The van der Waals surface area contributed by atoms with Gasteiger partial charge in [0.05, 0.1) is 18.9 Å². The molecule has 0 unspecified atom stereocenters. The minimum atomic E-state index is -0.0443. The third-order valence-electron chi connectivity index (χ3n) is 4.82. The van der Waals surface area contributed by atoms with Crippen LogP contribution in [0, 0.1) is 0 Å². The normalized spacial score (nSPS) is 13.6. The van der Waals surface area contributed by atoms with Crippen LogP contribution in [-0.4, -0.2) is 32.8 Å². The van der Waals surface area contributed by atoms with Crippen molar-refractivity contribution in [2.45, 2.75) is 52.2 Å². The highest BCUT2D eigenvalue weighted by Crippen LogP contribution is 2.29. The van der Waals surface area contributed by atoms with Gasteiger partial charge in [-0.25, -0.2) is 4.98 Å². The van der Waals surface area contributed by atoms with Gasteiger partial charge >= 0.3 is 0 Å². The standard InChI is InChI=1S/C20H25N5O3/c1-12(2)28-16-9-8-13(10-17(16)27-3)11-21-19-23-20-22-15-7-5-4-6-14(15)18(26)25(20)24-19/h8-10,12H,4-7,11H2,1-3H3,(H2,21,22,23,24). The molecule has 2 aromatic heterocycles. The van der Waals surface area contributed by atoms with Gasteiger partial charge in [-0.05, 0) is 57.2 Å². The Morgan fingerprint density at radius 1 is 1.21 bits per heavy atom. The van der Waals surface area contributed by atoms with Crippen molar-refractivity contribution in [1.29, 1.82) is 0 Å². The Bertz CT molecular complexity index is 1050. The molecule has 0 saturated heterocycles. The number of ether oxygens (including phenoxy) is 2. The number of aryl methyl sites for hydroxylation is 1. The van der Waals surface area contributed by atoms with Crippen molar-refractivity contribution in [3.05, 3.63) is 45.4 Å². The molecule has 0 amide bonds. The summed E-state index contributed by atoms with van der Waals surface area (Å²) in [5.41, 5.74) is 2.66. The average Bonchev–Trinajstić information content (AvgIpc) is 3.10. The molecule has 8 heteroatoms. The smallest absolute Gasteiger partial charge is 0.277 e. The van der Waals surface area contributed by atoms with Crippen LogP contribution in [0.15, 0.2) is 23.0 Å². The summed E-state index contributed by atoms with van der Waals surface area (Å²) in [4.78, 5) is 21.7. The number of aromatic amines is 1. The minimum absolute atomic E-state index is 0.0443. The molecule has 1 aromatic carbocycles. The Labute approximate surface area is 162 Å². The Kier molecular flexibility index (Phi) is 4.93. The third kappa shape index (κ3) is 3.54. The summed E-state index contributed by atoms with van der Waals surface area (Å²) in [5, 5.41) is 6.23. The predicted octanol–water partition coefficient (Wildman–Crippen LogP) is 2.70. The molecule has 0 fully saturated rings. The van der Waals surface area contributed by atoms with Gasteiger partial charge in [0, 0.05) is 12.1 Å². The van der Waals surface area contributed by atoms with Gasteiger partial charge in [0.25, 0.3) is 11.3 Å². The number of H-pyrrole nitrogens is 1. The summed E-state index contributed by atoms with van der Waals surface area (Å²) < 4.78 is 12.6. The monoisotopic (exact) mass is 383 g/mol. The van der Waals surface area contributed by atoms with Gasteiger partial charge in [0.15, 0.2) is 11.5 Å². The quantitative estimate of drug-likeness (QED) is 0.680. The van der Waals surface area contributed by atoms with Crippen LogP contribution in [0.2, 0.25) is 0 Å². The zero-order valence-corrected chi connectivity index (χ0v) is 16.4.